The number of phenolic OH excluding ortho intramolecular Hbond substituents is 1. The van der Waals surface area contributed by atoms with Crippen LogP contribution in [0.5, 0.6) is 5.75 Å². The van der Waals surface area contributed by atoms with Crippen LogP contribution >= 0.6 is 0 Å². The average molecular weight is 402 g/mol. The molecule has 4 rings (SSSR count). The molecular formula is C25H26N2O3. The van der Waals surface area contributed by atoms with E-state index >= 15 is 0 Å². The number of nitrogens with zero attached hydrogens (tertiary/aromatic N) is 2. The normalized spacial score (nSPS) is 14.9. The maximum atomic E-state index is 13.1. The Balaban J connectivity index is 1.47. The van der Waals surface area contributed by atoms with Crippen LogP contribution in [-0.4, -0.2) is 26.0 Å². The van der Waals surface area contributed by atoms with Crippen LogP contribution in [0, 0.1) is 0 Å². The van der Waals surface area contributed by atoms with E-state index in [9.17, 15) is 15.0 Å². The van der Waals surface area contributed by atoms with E-state index in [2.05, 4.69) is 4.98 Å². The molecule has 0 aliphatic carbocycles. The third kappa shape index (κ3) is 4.21. The largest absolute Gasteiger partial charge is 0.508 e. The number of rotatable bonds is 6. The van der Waals surface area contributed by atoms with Crippen LogP contribution in [0.1, 0.15) is 52.5 Å². The molecule has 3 aromatic rings. The molecule has 1 unspecified atom stereocenters. The maximum Gasteiger partial charge on any atom is 0.254 e. The van der Waals surface area contributed by atoms with Gasteiger partial charge in [0.05, 0.1) is 5.60 Å². The number of hydrogen-bond acceptors (Lipinski definition) is 4. The highest BCUT2D eigenvalue weighted by Gasteiger charge is 2.29. The molecule has 2 N–H and O–H groups in total. The number of aliphatic hydroxyl groups is 1. The van der Waals surface area contributed by atoms with Gasteiger partial charge in [-0.2, -0.15) is 0 Å². The zero-order valence-corrected chi connectivity index (χ0v) is 17.1. The topological polar surface area (TPSA) is 73.7 Å². The maximum absolute atomic E-state index is 13.1. The number of aromatic hydroxyl groups is 1. The second kappa shape index (κ2) is 8.28. The molecule has 5 heteroatoms. The van der Waals surface area contributed by atoms with Gasteiger partial charge in [0.25, 0.3) is 5.91 Å². The number of carbonyl (C=O) groups is 1. The Bertz CT molecular complexity index is 1020. The van der Waals surface area contributed by atoms with Gasteiger partial charge >= 0.3 is 0 Å². The Hall–Kier alpha value is -3.18. The Kier molecular flexibility index (Phi) is 5.55. The lowest BCUT2D eigenvalue weighted by molar-refractivity contribution is 0.0431. The molecule has 0 fully saturated rings. The molecule has 0 spiro atoms. The molecule has 1 amide bonds. The summed E-state index contributed by atoms with van der Waals surface area (Å²) in [5.41, 5.74) is 2.89. The summed E-state index contributed by atoms with van der Waals surface area (Å²) < 4.78 is 0. The summed E-state index contributed by atoms with van der Waals surface area (Å²) in [6, 6.07) is 18.6. The molecule has 30 heavy (non-hydrogen) atoms. The van der Waals surface area contributed by atoms with E-state index in [1.54, 1.807) is 30.2 Å². The van der Waals surface area contributed by atoms with Crippen molar-refractivity contribution in [3.63, 3.8) is 0 Å². The van der Waals surface area contributed by atoms with Crippen LogP contribution < -0.4 is 0 Å². The zero-order chi connectivity index (χ0) is 21.1. The number of pyridine rings is 1. The number of aromatic nitrogens is 1. The number of aryl methyl sites for hydroxylation is 1. The van der Waals surface area contributed by atoms with Gasteiger partial charge in [0.15, 0.2) is 0 Å². The van der Waals surface area contributed by atoms with Gasteiger partial charge in [0.1, 0.15) is 5.75 Å². The van der Waals surface area contributed by atoms with Gasteiger partial charge in [0.2, 0.25) is 0 Å². The fourth-order valence-corrected chi connectivity index (χ4v) is 4.05. The number of carbonyl (C=O) groups excluding carboxylic acids is 1. The molecule has 1 aliphatic heterocycles. The van der Waals surface area contributed by atoms with Crippen molar-refractivity contribution >= 4 is 5.91 Å². The first kappa shape index (κ1) is 20.1. The van der Waals surface area contributed by atoms with Crippen molar-refractivity contribution in [2.45, 2.75) is 44.9 Å². The van der Waals surface area contributed by atoms with Crippen molar-refractivity contribution in [2.24, 2.45) is 0 Å². The second-order valence-electron chi connectivity index (χ2n) is 8.11. The minimum absolute atomic E-state index is 0.000839. The SMILES string of the molecule is CC(O)(CCCc1ccccn1)c1cc(C(=O)N2Cc3ccccc3C2)ccc1O. The highest BCUT2D eigenvalue weighted by Crippen LogP contribution is 2.34. The molecular weight excluding hydrogens is 376 g/mol. The molecule has 154 valence electrons. The van der Waals surface area contributed by atoms with E-state index in [4.69, 9.17) is 0 Å². The van der Waals surface area contributed by atoms with Crippen LogP contribution in [0.15, 0.2) is 66.9 Å². The fraction of sp³-hybridized carbons (Fsp3) is 0.280. The van der Waals surface area contributed by atoms with Gasteiger partial charge < -0.3 is 15.1 Å². The molecule has 1 aliphatic rings. The van der Waals surface area contributed by atoms with E-state index in [1.807, 2.05) is 42.5 Å². The van der Waals surface area contributed by atoms with E-state index in [0.29, 0.717) is 37.1 Å². The van der Waals surface area contributed by atoms with Crippen molar-refractivity contribution in [1.82, 2.24) is 9.88 Å². The lowest BCUT2D eigenvalue weighted by atomic mass is 9.88. The van der Waals surface area contributed by atoms with Gasteiger partial charge in [-0.25, -0.2) is 0 Å². The van der Waals surface area contributed by atoms with Crippen LogP contribution in [0.2, 0.25) is 0 Å². The second-order valence-corrected chi connectivity index (χ2v) is 8.11. The first-order valence-corrected chi connectivity index (χ1v) is 10.3. The number of fused-ring (bicyclic) bond motifs is 1. The van der Waals surface area contributed by atoms with Crippen molar-refractivity contribution in [1.29, 1.82) is 0 Å². The molecule has 1 aromatic heterocycles. The van der Waals surface area contributed by atoms with Crippen molar-refractivity contribution in [3.8, 4) is 5.75 Å². The molecule has 2 heterocycles. The summed E-state index contributed by atoms with van der Waals surface area (Å²) in [6.45, 7) is 2.83. The molecule has 1 atom stereocenters. The van der Waals surface area contributed by atoms with Gasteiger partial charge in [-0.3, -0.25) is 9.78 Å². The summed E-state index contributed by atoms with van der Waals surface area (Å²) in [5.74, 6) is -0.101. The standard InChI is InChI=1S/C25H26N2O3/c1-25(30,13-6-10-21-9-4-5-14-26-21)22-15-18(11-12-23(22)28)24(29)27-16-19-7-2-3-8-20(19)17-27/h2-5,7-9,11-12,14-15,28,30H,6,10,13,16-17H2,1H3. The van der Waals surface area contributed by atoms with Gasteiger partial charge in [-0.15, -0.1) is 0 Å². The summed E-state index contributed by atoms with van der Waals surface area (Å²) in [4.78, 5) is 19.2. The van der Waals surface area contributed by atoms with Crippen LogP contribution in [0.3, 0.4) is 0 Å². The van der Waals surface area contributed by atoms with E-state index in [1.165, 1.54) is 6.07 Å². The number of amides is 1. The Morgan fingerprint density at radius 3 is 2.43 bits per heavy atom. The van der Waals surface area contributed by atoms with Crippen molar-refractivity contribution in [3.05, 3.63) is 94.8 Å². The van der Waals surface area contributed by atoms with Crippen LogP contribution in [-0.2, 0) is 25.1 Å². The minimum atomic E-state index is -1.25. The first-order chi connectivity index (χ1) is 14.4. The summed E-state index contributed by atoms with van der Waals surface area (Å²) in [5, 5.41) is 21.4. The number of phenols is 1. The summed E-state index contributed by atoms with van der Waals surface area (Å²) in [7, 11) is 0. The Morgan fingerprint density at radius 1 is 1.07 bits per heavy atom. The van der Waals surface area contributed by atoms with E-state index in [0.717, 1.165) is 23.2 Å². The highest BCUT2D eigenvalue weighted by molar-refractivity contribution is 5.95. The van der Waals surface area contributed by atoms with Crippen molar-refractivity contribution in [2.75, 3.05) is 0 Å². The Morgan fingerprint density at radius 2 is 1.77 bits per heavy atom. The molecule has 5 nitrogen and oxygen atoms in total. The fourth-order valence-electron chi connectivity index (χ4n) is 4.05. The first-order valence-electron chi connectivity index (χ1n) is 10.3. The summed E-state index contributed by atoms with van der Waals surface area (Å²) >= 11 is 0. The molecule has 0 saturated carbocycles. The number of hydrogen-bond donors (Lipinski definition) is 2. The highest BCUT2D eigenvalue weighted by atomic mass is 16.3. The lowest BCUT2D eigenvalue weighted by Gasteiger charge is -2.26. The van der Waals surface area contributed by atoms with Gasteiger partial charge in [-0.1, -0.05) is 30.3 Å². The Labute approximate surface area is 176 Å². The zero-order valence-electron chi connectivity index (χ0n) is 17.1. The van der Waals surface area contributed by atoms with E-state index < -0.39 is 5.60 Å². The quantitative estimate of drug-likeness (QED) is 0.649. The predicted octanol–water partition coefficient (Wildman–Crippen LogP) is 4.17. The van der Waals surface area contributed by atoms with Crippen molar-refractivity contribution < 1.29 is 15.0 Å². The number of benzene rings is 2. The predicted molar refractivity (Wildman–Crippen MR) is 115 cm³/mol. The smallest absolute Gasteiger partial charge is 0.254 e. The van der Waals surface area contributed by atoms with Crippen LogP contribution in [0.25, 0.3) is 0 Å². The average Bonchev–Trinajstić information content (AvgIpc) is 3.18. The van der Waals surface area contributed by atoms with Gasteiger partial charge in [0, 0.05) is 36.1 Å². The molecule has 0 bridgehead atoms. The molecule has 0 radical (unpaired) electrons. The van der Waals surface area contributed by atoms with E-state index in [-0.39, 0.29) is 11.7 Å². The summed E-state index contributed by atoms with van der Waals surface area (Å²) in [6.07, 6.45) is 3.65. The molecule has 0 saturated heterocycles. The van der Waals surface area contributed by atoms with Crippen LogP contribution in [0.4, 0.5) is 0 Å². The van der Waals surface area contributed by atoms with Gasteiger partial charge in [-0.05, 0) is 67.6 Å². The monoisotopic (exact) mass is 402 g/mol. The molecule has 2 aromatic carbocycles. The lowest BCUT2D eigenvalue weighted by Crippen LogP contribution is -2.27. The minimum Gasteiger partial charge on any atom is -0.508 e. The third-order valence-corrected chi connectivity index (χ3v) is 5.77. The third-order valence-electron chi connectivity index (χ3n) is 5.77.